The Morgan fingerprint density at radius 3 is 2.44 bits per heavy atom. The zero-order valence-corrected chi connectivity index (χ0v) is 23.1. The fraction of sp³-hybridized carbons (Fsp3) is 0.308. The highest BCUT2D eigenvalue weighted by molar-refractivity contribution is 7.99. The number of hydrogen-bond donors (Lipinski definition) is 0. The summed E-state index contributed by atoms with van der Waals surface area (Å²) in [4.78, 5) is 33.3. The van der Waals surface area contributed by atoms with E-state index in [0.29, 0.717) is 50.6 Å². The standard InChI is InChI=1S/C26H28N4O3S3/c1-5-28(6-2)21(31)16-35-25-27-23-22(24(32)29(25)18-14-12-17(4)13-15-18)36-26(34)30(23)19-10-8-9-11-20(19)33-7-3/h8-15H,5-7,16H2,1-4H3. The van der Waals surface area contributed by atoms with E-state index in [1.54, 1.807) is 14.0 Å². The molecule has 4 aromatic rings. The number of amides is 1. The van der Waals surface area contributed by atoms with Crippen molar-refractivity contribution < 1.29 is 9.53 Å². The number of nitrogens with zero attached hydrogens (tertiary/aromatic N) is 4. The molecule has 0 fully saturated rings. The van der Waals surface area contributed by atoms with Crippen molar-refractivity contribution in [3.05, 3.63) is 68.4 Å². The zero-order chi connectivity index (χ0) is 25.8. The van der Waals surface area contributed by atoms with Crippen LogP contribution >= 0.6 is 35.3 Å². The van der Waals surface area contributed by atoms with Gasteiger partial charge in [-0.3, -0.25) is 18.7 Å². The second kappa shape index (κ2) is 11.4. The van der Waals surface area contributed by atoms with Crippen molar-refractivity contribution in [3.63, 3.8) is 0 Å². The van der Waals surface area contributed by atoms with E-state index in [9.17, 15) is 9.59 Å². The Kier molecular flexibility index (Phi) is 8.28. The summed E-state index contributed by atoms with van der Waals surface area (Å²) in [6.07, 6.45) is 0. The predicted molar refractivity (Wildman–Crippen MR) is 150 cm³/mol. The largest absolute Gasteiger partial charge is 0.492 e. The van der Waals surface area contributed by atoms with Crippen LogP contribution in [0.4, 0.5) is 0 Å². The Bertz CT molecular complexity index is 1500. The summed E-state index contributed by atoms with van der Waals surface area (Å²) in [7, 11) is 0. The van der Waals surface area contributed by atoms with Crippen molar-refractivity contribution >= 4 is 51.6 Å². The van der Waals surface area contributed by atoms with Crippen LogP contribution in [0.2, 0.25) is 0 Å². The first-order valence-electron chi connectivity index (χ1n) is 11.8. The van der Waals surface area contributed by atoms with Gasteiger partial charge in [0.25, 0.3) is 5.56 Å². The average molecular weight is 541 g/mol. The van der Waals surface area contributed by atoms with Gasteiger partial charge in [0.15, 0.2) is 14.8 Å². The number of carbonyl (C=O) groups is 1. The predicted octanol–water partition coefficient (Wildman–Crippen LogP) is 5.64. The first-order valence-corrected chi connectivity index (χ1v) is 14.0. The van der Waals surface area contributed by atoms with E-state index < -0.39 is 0 Å². The Morgan fingerprint density at radius 1 is 1.08 bits per heavy atom. The summed E-state index contributed by atoms with van der Waals surface area (Å²) in [5.74, 6) is 0.830. The van der Waals surface area contributed by atoms with E-state index in [1.807, 2.05) is 76.2 Å². The first-order chi connectivity index (χ1) is 17.4. The number of aromatic nitrogens is 3. The van der Waals surface area contributed by atoms with Crippen molar-refractivity contribution in [1.29, 1.82) is 0 Å². The molecule has 0 bridgehead atoms. The second-order valence-electron chi connectivity index (χ2n) is 7.98. The highest BCUT2D eigenvalue weighted by Gasteiger charge is 2.21. The molecule has 0 radical (unpaired) electrons. The van der Waals surface area contributed by atoms with E-state index in [-0.39, 0.29) is 17.2 Å². The highest BCUT2D eigenvalue weighted by atomic mass is 32.2. The van der Waals surface area contributed by atoms with Gasteiger partial charge in [-0.15, -0.1) is 0 Å². The van der Waals surface area contributed by atoms with E-state index >= 15 is 0 Å². The van der Waals surface area contributed by atoms with Crippen molar-refractivity contribution in [2.75, 3.05) is 25.4 Å². The molecule has 0 saturated carbocycles. The van der Waals surface area contributed by atoms with Crippen LogP contribution in [0.5, 0.6) is 5.75 Å². The summed E-state index contributed by atoms with van der Waals surface area (Å²) in [5, 5.41) is 0.437. The number of para-hydroxylation sites is 2. The van der Waals surface area contributed by atoms with Gasteiger partial charge in [0, 0.05) is 13.1 Å². The van der Waals surface area contributed by atoms with Crippen LogP contribution in [0.15, 0.2) is 58.5 Å². The number of aryl methyl sites for hydroxylation is 1. The fourth-order valence-electron chi connectivity index (χ4n) is 3.88. The van der Waals surface area contributed by atoms with E-state index in [1.165, 1.54) is 23.1 Å². The molecule has 10 heteroatoms. The van der Waals surface area contributed by atoms with Crippen LogP contribution in [-0.4, -0.2) is 50.4 Å². The molecule has 2 aromatic heterocycles. The number of thioether (sulfide) groups is 1. The Hall–Kier alpha value is -2.95. The molecule has 188 valence electrons. The number of ether oxygens (including phenoxy) is 1. The van der Waals surface area contributed by atoms with Crippen molar-refractivity contribution in [3.8, 4) is 17.1 Å². The lowest BCUT2D eigenvalue weighted by atomic mass is 10.2. The lowest BCUT2D eigenvalue weighted by Crippen LogP contribution is -2.32. The molecule has 4 rings (SSSR count). The third-order valence-electron chi connectivity index (χ3n) is 5.72. The number of rotatable bonds is 9. The third kappa shape index (κ3) is 5.11. The summed E-state index contributed by atoms with van der Waals surface area (Å²) < 4.78 is 10.1. The normalized spacial score (nSPS) is 11.1. The molecule has 0 saturated heterocycles. The van der Waals surface area contributed by atoms with Gasteiger partial charge in [0.1, 0.15) is 10.4 Å². The molecule has 0 N–H and O–H groups in total. The molecule has 1 amide bonds. The lowest BCUT2D eigenvalue weighted by Gasteiger charge is -2.19. The van der Waals surface area contributed by atoms with Crippen LogP contribution in [0.3, 0.4) is 0 Å². The molecule has 2 heterocycles. The van der Waals surface area contributed by atoms with Crippen LogP contribution < -0.4 is 10.3 Å². The average Bonchev–Trinajstić information content (AvgIpc) is 3.21. The molecule has 0 atom stereocenters. The maximum Gasteiger partial charge on any atom is 0.278 e. The quantitative estimate of drug-likeness (QED) is 0.156. The van der Waals surface area contributed by atoms with Crippen LogP contribution in [0.25, 0.3) is 21.7 Å². The van der Waals surface area contributed by atoms with Gasteiger partial charge in [-0.2, -0.15) is 0 Å². The van der Waals surface area contributed by atoms with Gasteiger partial charge in [-0.05, 0) is 64.2 Å². The minimum Gasteiger partial charge on any atom is -0.492 e. The molecule has 0 spiro atoms. The lowest BCUT2D eigenvalue weighted by molar-refractivity contribution is -0.127. The molecule has 2 aromatic carbocycles. The van der Waals surface area contributed by atoms with Gasteiger partial charge in [-0.25, -0.2) is 4.98 Å². The molecular formula is C26H28N4O3S3. The molecule has 7 nitrogen and oxygen atoms in total. The molecular weight excluding hydrogens is 513 g/mol. The maximum atomic E-state index is 13.9. The topological polar surface area (TPSA) is 69.4 Å². The first kappa shape index (κ1) is 26.1. The summed E-state index contributed by atoms with van der Waals surface area (Å²) in [6.45, 7) is 9.57. The molecule has 0 aliphatic heterocycles. The zero-order valence-electron chi connectivity index (χ0n) is 20.7. The van der Waals surface area contributed by atoms with E-state index in [2.05, 4.69) is 0 Å². The van der Waals surface area contributed by atoms with E-state index in [4.69, 9.17) is 21.9 Å². The minimum absolute atomic E-state index is 0.00125. The maximum absolute atomic E-state index is 13.9. The van der Waals surface area contributed by atoms with Crippen molar-refractivity contribution in [2.24, 2.45) is 0 Å². The van der Waals surface area contributed by atoms with Gasteiger partial charge < -0.3 is 9.64 Å². The Balaban J connectivity index is 1.93. The summed E-state index contributed by atoms with van der Waals surface area (Å²) in [5.41, 5.74) is 2.75. The molecule has 0 unspecified atom stereocenters. The van der Waals surface area contributed by atoms with Crippen molar-refractivity contribution in [1.82, 2.24) is 19.0 Å². The summed E-state index contributed by atoms with van der Waals surface area (Å²) >= 11 is 8.18. The number of carbonyl (C=O) groups excluding carboxylic acids is 1. The van der Waals surface area contributed by atoms with Gasteiger partial charge in [0.05, 0.1) is 23.7 Å². The minimum atomic E-state index is -0.217. The second-order valence-corrected chi connectivity index (χ2v) is 10.6. The number of hydrogen-bond acceptors (Lipinski definition) is 7. The highest BCUT2D eigenvalue weighted by Crippen LogP contribution is 2.31. The number of benzene rings is 2. The SMILES string of the molecule is CCOc1ccccc1-n1c(=S)sc2c(=O)n(-c3ccc(C)cc3)c(SCC(=O)N(CC)CC)nc21. The summed E-state index contributed by atoms with van der Waals surface area (Å²) in [6, 6.07) is 15.2. The van der Waals surface area contributed by atoms with Gasteiger partial charge in [0.2, 0.25) is 5.91 Å². The molecule has 0 aliphatic carbocycles. The fourth-order valence-corrected chi connectivity index (χ4v) is 6.08. The molecule has 0 aliphatic rings. The number of fused-ring (bicyclic) bond motifs is 1. The van der Waals surface area contributed by atoms with Crippen LogP contribution in [0, 0.1) is 10.9 Å². The van der Waals surface area contributed by atoms with E-state index in [0.717, 1.165) is 11.3 Å². The Morgan fingerprint density at radius 2 is 1.78 bits per heavy atom. The molecule has 36 heavy (non-hydrogen) atoms. The van der Waals surface area contributed by atoms with Crippen molar-refractivity contribution in [2.45, 2.75) is 32.9 Å². The van der Waals surface area contributed by atoms with Gasteiger partial charge in [-0.1, -0.05) is 52.9 Å². The van der Waals surface area contributed by atoms with Gasteiger partial charge >= 0.3 is 0 Å². The Labute approximate surface area is 223 Å². The third-order valence-corrected chi connectivity index (χ3v) is 7.99. The smallest absolute Gasteiger partial charge is 0.278 e. The monoisotopic (exact) mass is 540 g/mol. The number of thiazole rings is 1. The van der Waals surface area contributed by atoms with Crippen LogP contribution in [0.1, 0.15) is 26.3 Å². The van der Waals surface area contributed by atoms with Crippen LogP contribution in [-0.2, 0) is 4.79 Å².